The number of nitrogens with zero attached hydrogens (tertiary/aromatic N) is 1. The lowest BCUT2D eigenvalue weighted by molar-refractivity contribution is 0.566. The van der Waals surface area contributed by atoms with Gasteiger partial charge in [-0.1, -0.05) is 23.5 Å². The number of fused-ring (bicyclic) bond motifs is 1. The van der Waals surface area contributed by atoms with Gasteiger partial charge in [-0.2, -0.15) is 0 Å². The minimum absolute atomic E-state index is 0.0228. The van der Waals surface area contributed by atoms with Gasteiger partial charge >= 0.3 is 4.87 Å². The van der Waals surface area contributed by atoms with Crippen LogP contribution in [0, 0.1) is 20.8 Å². The second kappa shape index (κ2) is 7.46. The summed E-state index contributed by atoms with van der Waals surface area (Å²) in [7, 11) is -3.72. The van der Waals surface area contributed by atoms with Crippen molar-refractivity contribution in [2.75, 3.05) is 0 Å². The number of aromatic nitrogens is 1. The summed E-state index contributed by atoms with van der Waals surface area (Å²) in [5.41, 5.74) is 5.10. The molecule has 1 aromatic heterocycles. The molecule has 5 nitrogen and oxygen atoms in total. The van der Waals surface area contributed by atoms with Crippen LogP contribution in [0.5, 0.6) is 0 Å². The van der Waals surface area contributed by atoms with Gasteiger partial charge in [0.05, 0.1) is 15.1 Å². The largest absolute Gasteiger partial charge is 0.308 e. The highest BCUT2D eigenvalue weighted by Gasteiger charge is 2.21. The molecule has 0 amide bonds. The molecule has 1 N–H and O–H groups in total. The third kappa shape index (κ3) is 3.79. The van der Waals surface area contributed by atoms with Crippen molar-refractivity contribution >= 4 is 31.6 Å². The second-order valence-corrected chi connectivity index (χ2v) is 10.3. The summed E-state index contributed by atoms with van der Waals surface area (Å²) in [4.78, 5) is 12.3. The highest BCUT2D eigenvalue weighted by molar-refractivity contribution is 7.89. The Morgan fingerprint density at radius 3 is 2.25 bits per heavy atom. The molecule has 7 heteroatoms. The molecule has 0 spiro atoms. The zero-order valence-corrected chi connectivity index (χ0v) is 18.7. The van der Waals surface area contributed by atoms with E-state index in [0.29, 0.717) is 4.70 Å². The third-order valence-corrected chi connectivity index (χ3v) is 7.55. The van der Waals surface area contributed by atoms with E-state index >= 15 is 0 Å². The fraction of sp³-hybridized carbons (Fsp3) is 0.381. The van der Waals surface area contributed by atoms with Crippen molar-refractivity contribution in [1.82, 2.24) is 9.29 Å². The van der Waals surface area contributed by atoms with Crippen molar-refractivity contribution in [3.05, 3.63) is 62.3 Å². The molecule has 0 aliphatic carbocycles. The Morgan fingerprint density at radius 2 is 1.61 bits per heavy atom. The number of thiazole rings is 1. The topological polar surface area (TPSA) is 68.2 Å². The molecular weight excluding hydrogens is 392 g/mol. The van der Waals surface area contributed by atoms with Crippen LogP contribution in [0.25, 0.3) is 10.2 Å². The Labute approximate surface area is 170 Å². The van der Waals surface area contributed by atoms with E-state index in [2.05, 4.69) is 10.8 Å². The van der Waals surface area contributed by atoms with E-state index in [4.69, 9.17) is 0 Å². The lowest BCUT2D eigenvalue weighted by Gasteiger charge is -2.18. The minimum Gasteiger partial charge on any atom is -0.296 e. The Morgan fingerprint density at radius 1 is 0.964 bits per heavy atom. The van der Waals surface area contributed by atoms with Gasteiger partial charge in [0.2, 0.25) is 10.0 Å². The maximum Gasteiger partial charge on any atom is 0.308 e. The van der Waals surface area contributed by atoms with Gasteiger partial charge in [0.1, 0.15) is 0 Å². The molecule has 2 aromatic carbocycles. The lowest BCUT2D eigenvalue weighted by atomic mass is 9.97. The van der Waals surface area contributed by atoms with Crippen molar-refractivity contribution in [2.24, 2.45) is 0 Å². The first kappa shape index (κ1) is 20.8. The van der Waals surface area contributed by atoms with Gasteiger partial charge in [0.15, 0.2) is 0 Å². The molecule has 0 bridgehead atoms. The van der Waals surface area contributed by atoms with Crippen LogP contribution in [0.2, 0.25) is 0 Å². The van der Waals surface area contributed by atoms with Crippen LogP contribution in [-0.2, 0) is 10.0 Å². The number of hydrogen-bond acceptors (Lipinski definition) is 4. The van der Waals surface area contributed by atoms with Crippen molar-refractivity contribution in [3.63, 3.8) is 0 Å². The number of rotatable bonds is 5. The van der Waals surface area contributed by atoms with Crippen molar-refractivity contribution in [2.45, 2.75) is 58.5 Å². The highest BCUT2D eigenvalue weighted by Crippen LogP contribution is 2.26. The van der Waals surface area contributed by atoms with Gasteiger partial charge in [-0.3, -0.25) is 9.36 Å². The molecule has 0 radical (unpaired) electrons. The quantitative estimate of drug-likeness (QED) is 0.658. The van der Waals surface area contributed by atoms with E-state index in [0.717, 1.165) is 33.5 Å². The average molecular weight is 419 g/mol. The summed E-state index contributed by atoms with van der Waals surface area (Å²) in [6.07, 6.45) is 0. The predicted octanol–water partition coefficient (Wildman–Crippen LogP) is 4.61. The molecule has 28 heavy (non-hydrogen) atoms. The summed E-state index contributed by atoms with van der Waals surface area (Å²) in [6.45, 7) is 11.8. The first-order valence-electron chi connectivity index (χ1n) is 9.26. The summed E-state index contributed by atoms with van der Waals surface area (Å²) < 4.78 is 31.1. The van der Waals surface area contributed by atoms with Gasteiger partial charge in [0, 0.05) is 12.1 Å². The van der Waals surface area contributed by atoms with Crippen molar-refractivity contribution in [3.8, 4) is 0 Å². The molecule has 150 valence electrons. The molecule has 0 unspecified atom stereocenters. The van der Waals surface area contributed by atoms with Crippen LogP contribution in [-0.4, -0.2) is 13.0 Å². The summed E-state index contributed by atoms with van der Waals surface area (Å²) in [5, 5.41) is 0. The van der Waals surface area contributed by atoms with Gasteiger partial charge in [-0.25, -0.2) is 13.1 Å². The zero-order chi connectivity index (χ0) is 20.8. The van der Waals surface area contributed by atoms with Crippen LogP contribution in [0.1, 0.15) is 55.1 Å². The molecule has 1 atom stereocenters. The first-order valence-corrected chi connectivity index (χ1v) is 11.6. The third-order valence-electron chi connectivity index (χ3n) is 5.09. The van der Waals surface area contributed by atoms with E-state index in [1.165, 1.54) is 5.56 Å². The standard InChI is InChI=1S/C21H26N2O3S2/c1-12(2)23-19-8-7-17(11-20(19)27-21(23)24)28(25,26)22-16(6)18-10-14(4)13(3)9-15(18)5/h7-12,16,22H,1-6H3/t16-/m1/s1. The molecule has 0 saturated carbocycles. The van der Waals surface area contributed by atoms with Crippen molar-refractivity contribution < 1.29 is 8.42 Å². The van der Waals surface area contributed by atoms with Crippen LogP contribution in [0.3, 0.4) is 0 Å². The number of hydrogen-bond donors (Lipinski definition) is 1. The summed E-state index contributed by atoms with van der Waals surface area (Å²) >= 11 is 1.07. The Hall–Kier alpha value is -1.96. The monoisotopic (exact) mass is 418 g/mol. The molecule has 0 aliphatic heterocycles. The maximum absolute atomic E-state index is 13.0. The van der Waals surface area contributed by atoms with Gasteiger partial charge in [-0.15, -0.1) is 0 Å². The lowest BCUT2D eigenvalue weighted by Crippen LogP contribution is -2.27. The Balaban J connectivity index is 1.97. The number of aryl methyl sites for hydroxylation is 3. The first-order chi connectivity index (χ1) is 13.0. The van der Waals surface area contributed by atoms with Gasteiger partial charge in [0.25, 0.3) is 0 Å². The zero-order valence-electron chi connectivity index (χ0n) is 17.0. The van der Waals surface area contributed by atoms with Crippen LogP contribution in [0.15, 0.2) is 40.0 Å². The number of nitrogens with one attached hydrogen (secondary N) is 1. The minimum atomic E-state index is -3.72. The molecule has 3 rings (SSSR count). The van der Waals surface area contributed by atoms with Crippen LogP contribution >= 0.6 is 11.3 Å². The van der Waals surface area contributed by atoms with E-state index in [9.17, 15) is 13.2 Å². The summed E-state index contributed by atoms with van der Waals surface area (Å²) in [6, 6.07) is 8.64. The molecule has 0 saturated heterocycles. The average Bonchev–Trinajstić information content (AvgIpc) is 2.92. The second-order valence-electron chi connectivity index (χ2n) is 7.60. The van der Waals surface area contributed by atoms with Crippen LogP contribution < -0.4 is 9.60 Å². The Kier molecular flexibility index (Phi) is 5.53. The maximum atomic E-state index is 13.0. The SMILES string of the molecule is Cc1cc(C)c([C@@H](C)NS(=O)(=O)c2ccc3c(c2)sc(=O)n3C(C)C)cc1C. The normalized spacial score (nSPS) is 13.4. The molecule has 1 heterocycles. The van der Waals surface area contributed by atoms with E-state index in [1.54, 1.807) is 22.8 Å². The van der Waals surface area contributed by atoms with Gasteiger partial charge < -0.3 is 0 Å². The molecular formula is C21H26N2O3S2. The van der Waals surface area contributed by atoms with Gasteiger partial charge in [-0.05, 0) is 82.0 Å². The number of sulfonamides is 1. The van der Waals surface area contributed by atoms with E-state index in [-0.39, 0.29) is 21.9 Å². The number of benzene rings is 2. The molecule has 0 fully saturated rings. The molecule has 3 aromatic rings. The Bertz CT molecular complexity index is 1200. The smallest absolute Gasteiger partial charge is 0.296 e. The van der Waals surface area contributed by atoms with E-state index < -0.39 is 10.0 Å². The fourth-order valence-corrected chi connectivity index (χ4v) is 5.86. The highest BCUT2D eigenvalue weighted by atomic mass is 32.2. The predicted molar refractivity (Wildman–Crippen MR) is 116 cm³/mol. The van der Waals surface area contributed by atoms with Crippen molar-refractivity contribution in [1.29, 1.82) is 0 Å². The fourth-order valence-electron chi connectivity index (χ4n) is 3.49. The van der Waals surface area contributed by atoms with E-state index in [1.807, 2.05) is 47.6 Å². The van der Waals surface area contributed by atoms with Crippen LogP contribution in [0.4, 0.5) is 0 Å². The molecule has 0 aliphatic rings. The summed E-state index contributed by atoms with van der Waals surface area (Å²) in [5.74, 6) is 0.